The van der Waals surface area contributed by atoms with Crippen LogP contribution in [0.2, 0.25) is 10.0 Å². The van der Waals surface area contributed by atoms with E-state index >= 15 is 0 Å². The molecule has 0 saturated carbocycles. The van der Waals surface area contributed by atoms with Crippen LogP contribution in [0.1, 0.15) is 11.1 Å². The Morgan fingerprint density at radius 2 is 2.00 bits per heavy atom. The van der Waals surface area contributed by atoms with Crippen molar-refractivity contribution in [3.05, 3.63) is 92.0 Å². The molecule has 3 aromatic carbocycles. The molecule has 9 heteroatoms. The molecule has 0 spiro atoms. The van der Waals surface area contributed by atoms with Gasteiger partial charge in [0.15, 0.2) is 4.34 Å². The molecule has 1 heterocycles. The number of nitro groups is 1. The monoisotopic (exact) mass is 473 g/mol. The first-order valence-electron chi connectivity index (χ1n) is 8.74. The van der Waals surface area contributed by atoms with Gasteiger partial charge in [0.05, 0.1) is 20.8 Å². The summed E-state index contributed by atoms with van der Waals surface area (Å²) in [6, 6.07) is 17.5. The minimum atomic E-state index is -0.420. The number of thiazole rings is 1. The van der Waals surface area contributed by atoms with Gasteiger partial charge in [0.25, 0.3) is 5.69 Å². The van der Waals surface area contributed by atoms with Gasteiger partial charge in [-0.1, -0.05) is 47.1 Å². The van der Waals surface area contributed by atoms with Gasteiger partial charge in [-0.2, -0.15) is 0 Å². The SMILES string of the molecule is O=[N+]([O-])c1cccc(C=Nc2ccc3nc(SCc4cc(Cl)ccc4Cl)sc3c2)c1. The van der Waals surface area contributed by atoms with E-state index in [1.807, 2.05) is 24.3 Å². The summed E-state index contributed by atoms with van der Waals surface area (Å²) in [5, 5.41) is 12.2. The van der Waals surface area contributed by atoms with Gasteiger partial charge in [0, 0.05) is 34.1 Å². The lowest BCUT2D eigenvalue weighted by atomic mass is 10.2. The molecule has 1 aromatic heterocycles. The molecule has 0 amide bonds. The molecule has 150 valence electrons. The topological polar surface area (TPSA) is 68.4 Å². The molecule has 30 heavy (non-hydrogen) atoms. The fourth-order valence-corrected chi connectivity index (χ4v) is 5.25. The Balaban J connectivity index is 1.50. The lowest BCUT2D eigenvalue weighted by Crippen LogP contribution is -1.89. The van der Waals surface area contributed by atoms with Crippen molar-refractivity contribution in [3.8, 4) is 0 Å². The zero-order chi connectivity index (χ0) is 21.1. The Hall–Kier alpha value is -2.45. The molecule has 4 rings (SSSR count). The first-order valence-corrected chi connectivity index (χ1v) is 11.3. The summed E-state index contributed by atoms with van der Waals surface area (Å²) in [7, 11) is 0. The Labute approximate surface area is 190 Å². The average Bonchev–Trinajstić information content (AvgIpc) is 3.15. The Bertz CT molecular complexity index is 1270. The summed E-state index contributed by atoms with van der Waals surface area (Å²) < 4.78 is 1.95. The van der Waals surface area contributed by atoms with E-state index < -0.39 is 4.92 Å². The number of nitro benzene ring substituents is 1. The molecular formula is C21H13Cl2N3O2S2. The number of halogens is 2. The van der Waals surface area contributed by atoms with E-state index in [4.69, 9.17) is 23.2 Å². The predicted octanol–water partition coefficient (Wildman–Crippen LogP) is 7.55. The van der Waals surface area contributed by atoms with E-state index in [-0.39, 0.29) is 5.69 Å². The summed E-state index contributed by atoms with van der Waals surface area (Å²) in [4.78, 5) is 19.6. The molecule has 0 atom stereocenters. The number of non-ortho nitro benzene ring substituents is 1. The first kappa shape index (κ1) is 20.8. The van der Waals surface area contributed by atoms with E-state index in [2.05, 4.69) is 9.98 Å². The molecule has 0 aliphatic carbocycles. The molecule has 0 radical (unpaired) electrons. The second-order valence-electron chi connectivity index (χ2n) is 6.27. The third-order valence-corrected chi connectivity index (χ3v) is 6.97. The highest BCUT2D eigenvalue weighted by Crippen LogP contribution is 2.35. The van der Waals surface area contributed by atoms with Gasteiger partial charge in [-0.25, -0.2) is 4.98 Å². The van der Waals surface area contributed by atoms with E-state index in [1.165, 1.54) is 12.1 Å². The number of aromatic nitrogens is 1. The van der Waals surface area contributed by atoms with Gasteiger partial charge in [0.1, 0.15) is 0 Å². The standard InChI is InChI=1S/C21H13Cl2N3O2S2/c22-15-4-6-18(23)14(9-15)12-29-21-25-19-7-5-16(10-20(19)30-21)24-11-13-2-1-3-17(8-13)26(27)28/h1-11H,12H2. The summed E-state index contributed by atoms with van der Waals surface area (Å²) in [5.41, 5.74) is 3.33. The van der Waals surface area contributed by atoms with Gasteiger partial charge < -0.3 is 0 Å². The summed E-state index contributed by atoms with van der Waals surface area (Å²) in [6.45, 7) is 0. The average molecular weight is 474 g/mol. The van der Waals surface area contributed by atoms with Crippen LogP contribution in [0.15, 0.2) is 70.0 Å². The van der Waals surface area contributed by atoms with Crippen LogP contribution in [0.4, 0.5) is 11.4 Å². The van der Waals surface area contributed by atoms with Gasteiger partial charge >= 0.3 is 0 Å². The van der Waals surface area contributed by atoms with Crippen molar-refractivity contribution in [2.45, 2.75) is 10.1 Å². The van der Waals surface area contributed by atoms with Crippen molar-refractivity contribution in [1.29, 1.82) is 0 Å². The van der Waals surface area contributed by atoms with E-state index in [9.17, 15) is 10.1 Å². The molecular weight excluding hydrogens is 461 g/mol. The van der Waals surface area contributed by atoms with Gasteiger partial charge in [-0.05, 0) is 47.5 Å². The minimum Gasteiger partial charge on any atom is -0.258 e. The van der Waals surface area contributed by atoms with Crippen LogP contribution in [0, 0.1) is 10.1 Å². The molecule has 0 N–H and O–H groups in total. The van der Waals surface area contributed by atoms with Crippen molar-refractivity contribution in [2.75, 3.05) is 0 Å². The van der Waals surface area contributed by atoms with Crippen LogP contribution in [-0.2, 0) is 5.75 Å². The van der Waals surface area contributed by atoms with E-state index in [0.29, 0.717) is 21.4 Å². The molecule has 0 bridgehead atoms. The Morgan fingerprint density at radius 3 is 2.83 bits per heavy atom. The minimum absolute atomic E-state index is 0.0401. The maximum absolute atomic E-state index is 10.9. The first-order chi connectivity index (χ1) is 14.5. The fraction of sp³-hybridized carbons (Fsp3) is 0.0476. The van der Waals surface area contributed by atoms with Crippen LogP contribution in [0.3, 0.4) is 0 Å². The smallest absolute Gasteiger partial charge is 0.258 e. The predicted molar refractivity (Wildman–Crippen MR) is 126 cm³/mol. The number of benzene rings is 3. The summed E-state index contributed by atoms with van der Waals surface area (Å²) in [6.07, 6.45) is 1.62. The molecule has 0 unspecified atom stereocenters. The van der Waals surface area contributed by atoms with E-state index in [0.717, 1.165) is 25.8 Å². The number of hydrogen-bond donors (Lipinski definition) is 0. The second-order valence-corrected chi connectivity index (χ2v) is 9.36. The molecule has 0 fully saturated rings. The number of fused-ring (bicyclic) bond motifs is 1. The molecule has 4 aromatic rings. The van der Waals surface area contributed by atoms with Crippen molar-refractivity contribution in [2.24, 2.45) is 4.99 Å². The Morgan fingerprint density at radius 1 is 1.13 bits per heavy atom. The third-order valence-electron chi connectivity index (χ3n) is 4.16. The maximum Gasteiger partial charge on any atom is 0.270 e. The van der Waals surface area contributed by atoms with Crippen LogP contribution in [-0.4, -0.2) is 16.1 Å². The normalized spacial score (nSPS) is 11.4. The van der Waals surface area contributed by atoms with Crippen LogP contribution < -0.4 is 0 Å². The molecule has 0 aliphatic heterocycles. The molecule has 0 saturated heterocycles. The lowest BCUT2D eigenvalue weighted by molar-refractivity contribution is -0.384. The zero-order valence-electron chi connectivity index (χ0n) is 15.3. The molecule has 0 aliphatic rings. The third kappa shape index (κ3) is 4.99. The second kappa shape index (κ2) is 9.14. The highest BCUT2D eigenvalue weighted by molar-refractivity contribution is 8.00. The Kier molecular flexibility index (Phi) is 6.34. The lowest BCUT2D eigenvalue weighted by Gasteiger charge is -2.02. The van der Waals surface area contributed by atoms with Gasteiger partial charge in [0.2, 0.25) is 0 Å². The van der Waals surface area contributed by atoms with Crippen molar-refractivity contribution in [1.82, 2.24) is 4.98 Å². The number of aliphatic imine (C=N–C) groups is 1. The van der Waals surface area contributed by atoms with Crippen molar-refractivity contribution >= 4 is 74.1 Å². The van der Waals surface area contributed by atoms with Crippen LogP contribution in [0.5, 0.6) is 0 Å². The van der Waals surface area contributed by atoms with Gasteiger partial charge in [-0.3, -0.25) is 15.1 Å². The van der Waals surface area contributed by atoms with Crippen LogP contribution in [0.25, 0.3) is 10.2 Å². The van der Waals surface area contributed by atoms with Gasteiger partial charge in [-0.15, -0.1) is 11.3 Å². The quantitative estimate of drug-likeness (QED) is 0.125. The van der Waals surface area contributed by atoms with E-state index in [1.54, 1.807) is 53.6 Å². The van der Waals surface area contributed by atoms with Crippen molar-refractivity contribution in [3.63, 3.8) is 0 Å². The number of hydrogen-bond acceptors (Lipinski definition) is 6. The number of thioether (sulfide) groups is 1. The van der Waals surface area contributed by atoms with Crippen molar-refractivity contribution < 1.29 is 4.92 Å². The summed E-state index contributed by atoms with van der Waals surface area (Å²) in [5.74, 6) is 0.678. The zero-order valence-corrected chi connectivity index (χ0v) is 18.4. The summed E-state index contributed by atoms with van der Waals surface area (Å²) >= 11 is 15.5. The molecule has 5 nitrogen and oxygen atoms in total. The number of rotatable bonds is 6. The van der Waals surface area contributed by atoms with Crippen LogP contribution >= 0.6 is 46.3 Å². The fourth-order valence-electron chi connectivity index (χ4n) is 2.70. The highest BCUT2D eigenvalue weighted by atomic mass is 35.5. The largest absolute Gasteiger partial charge is 0.270 e. The highest BCUT2D eigenvalue weighted by Gasteiger charge is 2.08. The number of nitrogens with zero attached hydrogens (tertiary/aromatic N) is 3. The maximum atomic E-state index is 10.9.